The van der Waals surface area contributed by atoms with Gasteiger partial charge in [-0.15, -0.1) is 0 Å². The van der Waals surface area contributed by atoms with Gasteiger partial charge in [0.05, 0.1) is 12.0 Å². The number of benzene rings is 1. The standard InChI is InChI=1S/C15H17FN2O3/c16-11-2-3-12-9(7-11)1-4-13(12)17-15(21)18-6-5-10(8-18)14(19)20/h2-3,7,10,13H,1,4-6,8H2,(H,17,21)(H,19,20). The molecule has 0 radical (unpaired) electrons. The Morgan fingerprint density at radius 2 is 2.14 bits per heavy atom. The van der Waals surface area contributed by atoms with Gasteiger partial charge in [0.2, 0.25) is 0 Å². The van der Waals surface area contributed by atoms with Gasteiger partial charge in [0, 0.05) is 13.1 Å². The van der Waals surface area contributed by atoms with Crippen LogP contribution in [0.25, 0.3) is 0 Å². The Morgan fingerprint density at radius 1 is 1.33 bits per heavy atom. The van der Waals surface area contributed by atoms with Crippen molar-refractivity contribution in [1.29, 1.82) is 0 Å². The molecule has 1 saturated heterocycles. The number of hydrogen-bond donors (Lipinski definition) is 2. The van der Waals surface area contributed by atoms with Crippen molar-refractivity contribution in [2.45, 2.75) is 25.3 Å². The third kappa shape index (κ3) is 2.70. The van der Waals surface area contributed by atoms with Crippen molar-refractivity contribution in [3.8, 4) is 0 Å². The van der Waals surface area contributed by atoms with Crippen molar-refractivity contribution < 1.29 is 19.1 Å². The fourth-order valence-electron chi connectivity index (χ4n) is 3.12. The highest BCUT2D eigenvalue weighted by Gasteiger charge is 2.32. The van der Waals surface area contributed by atoms with Gasteiger partial charge in [0.15, 0.2) is 0 Å². The number of rotatable bonds is 2. The van der Waals surface area contributed by atoms with Crippen molar-refractivity contribution in [2.75, 3.05) is 13.1 Å². The summed E-state index contributed by atoms with van der Waals surface area (Å²) in [5, 5.41) is 11.9. The number of hydrogen-bond acceptors (Lipinski definition) is 2. The van der Waals surface area contributed by atoms with Crippen LogP contribution in [-0.2, 0) is 11.2 Å². The SMILES string of the molecule is O=C(O)C1CCN(C(=O)NC2CCc3cc(F)ccc32)C1. The molecule has 2 atom stereocenters. The minimum Gasteiger partial charge on any atom is -0.481 e. The summed E-state index contributed by atoms with van der Waals surface area (Å²) in [5.41, 5.74) is 1.89. The summed E-state index contributed by atoms with van der Waals surface area (Å²) in [4.78, 5) is 24.7. The molecule has 1 aliphatic heterocycles. The molecule has 2 amide bonds. The number of likely N-dealkylation sites (tertiary alicyclic amines) is 1. The number of nitrogens with zero attached hydrogens (tertiary/aromatic N) is 1. The highest BCUT2D eigenvalue weighted by molar-refractivity contribution is 5.77. The van der Waals surface area contributed by atoms with Gasteiger partial charge in [-0.2, -0.15) is 0 Å². The van der Waals surface area contributed by atoms with E-state index < -0.39 is 11.9 Å². The van der Waals surface area contributed by atoms with Crippen molar-refractivity contribution in [3.05, 3.63) is 35.1 Å². The molecule has 1 aromatic carbocycles. The molecule has 21 heavy (non-hydrogen) atoms. The first-order valence-corrected chi connectivity index (χ1v) is 7.11. The van der Waals surface area contributed by atoms with Gasteiger partial charge < -0.3 is 15.3 Å². The second-order valence-corrected chi connectivity index (χ2v) is 5.65. The predicted octanol–water partition coefficient (Wildman–Crippen LogP) is 1.93. The summed E-state index contributed by atoms with van der Waals surface area (Å²) in [5.74, 6) is -1.59. The zero-order chi connectivity index (χ0) is 15.0. The maximum Gasteiger partial charge on any atom is 0.317 e. The number of urea groups is 1. The monoisotopic (exact) mass is 292 g/mol. The van der Waals surface area contributed by atoms with Crippen LogP contribution in [0.4, 0.5) is 9.18 Å². The molecule has 0 aromatic heterocycles. The second-order valence-electron chi connectivity index (χ2n) is 5.65. The minimum absolute atomic E-state index is 0.114. The lowest BCUT2D eigenvalue weighted by Gasteiger charge is -2.21. The maximum atomic E-state index is 13.2. The Hall–Kier alpha value is -2.11. The van der Waals surface area contributed by atoms with Crippen molar-refractivity contribution in [2.24, 2.45) is 5.92 Å². The van der Waals surface area contributed by atoms with E-state index in [1.165, 1.54) is 12.1 Å². The molecular weight excluding hydrogens is 275 g/mol. The Morgan fingerprint density at radius 3 is 2.86 bits per heavy atom. The molecule has 0 saturated carbocycles. The van der Waals surface area contributed by atoms with Crippen LogP contribution in [0.1, 0.15) is 30.0 Å². The highest BCUT2D eigenvalue weighted by Crippen LogP contribution is 2.31. The minimum atomic E-state index is -0.855. The number of carbonyl (C=O) groups is 2. The molecule has 0 spiro atoms. The van der Waals surface area contributed by atoms with E-state index in [9.17, 15) is 14.0 Å². The number of fused-ring (bicyclic) bond motifs is 1. The highest BCUT2D eigenvalue weighted by atomic mass is 19.1. The molecule has 6 heteroatoms. The first-order valence-electron chi connectivity index (χ1n) is 7.11. The molecule has 5 nitrogen and oxygen atoms in total. The number of carbonyl (C=O) groups excluding carboxylic acids is 1. The Kier molecular flexibility index (Phi) is 3.53. The van der Waals surface area contributed by atoms with Gasteiger partial charge in [0.25, 0.3) is 0 Å². The number of carboxylic acid groups (broad SMARTS) is 1. The van der Waals surface area contributed by atoms with Gasteiger partial charge >= 0.3 is 12.0 Å². The van der Waals surface area contributed by atoms with Crippen LogP contribution in [0, 0.1) is 11.7 Å². The summed E-state index contributed by atoms with van der Waals surface area (Å²) < 4.78 is 13.2. The Bertz CT molecular complexity index is 590. The van der Waals surface area contributed by atoms with E-state index in [1.807, 2.05) is 0 Å². The molecular formula is C15H17FN2O3. The smallest absolute Gasteiger partial charge is 0.317 e. The van der Waals surface area contributed by atoms with E-state index in [4.69, 9.17) is 5.11 Å². The average molecular weight is 292 g/mol. The Balaban J connectivity index is 1.64. The summed E-state index contributed by atoms with van der Waals surface area (Å²) in [7, 11) is 0. The van der Waals surface area contributed by atoms with E-state index in [0.717, 1.165) is 24.0 Å². The maximum absolute atomic E-state index is 13.2. The van der Waals surface area contributed by atoms with Gasteiger partial charge in [0.1, 0.15) is 5.82 Å². The second kappa shape index (κ2) is 5.35. The van der Waals surface area contributed by atoms with Crippen molar-refractivity contribution in [3.63, 3.8) is 0 Å². The van der Waals surface area contributed by atoms with Crippen molar-refractivity contribution >= 4 is 12.0 Å². The number of nitrogens with one attached hydrogen (secondary N) is 1. The fraction of sp³-hybridized carbons (Fsp3) is 0.467. The molecule has 112 valence electrons. The largest absolute Gasteiger partial charge is 0.481 e. The van der Waals surface area contributed by atoms with E-state index in [2.05, 4.69) is 5.32 Å². The van der Waals surface area contributed by atoms with Crippen LogP contribution in [-0.4, -0.2) is 35.1 Å². The number of halogens is 1. The number of aryl methyl sites for hydroxylation is 1. The average Bonchev–Trinajstić information content (AvgIpc) is 3.06. The van der Waals surface area contributed by atoms with Crippen LogP contribution in [0.3, 0.4) is 0 Å². The first kappa shape index (κ1) is 13.9. The van der Waals surface area contributed by atoms with Gasteiger partial charge in [-0.3, -0.25) is 4.79 Å². The molecule has 1 heterocycles. The summed E-state index contributed by atoms with van der Waals surface area (Å²) >= 11 is 0. The number of aliphatic carboxylic acids is 1. The lowest BCUT2D eigenvalue weighted by Crippen LogP contribution is -2.40. The lowest BCUT2D eigenvalue weighted by atomic mass is 10.1. The first-order chi connectivity index (χ1) is 10.0. The molecule has 1 fully saturated rings. The van der Waals surface area contributed by atoms with Crippen LogP contribution in [0.5, 0.6) is 0 Å². The quantitative estimate of drug-likeness (QED) is 0.875. The molecule has 1 aliphatic carbocycles. The normalized spacial score (nSPS) is 24.0. The van der Waals surface area contributed by atoms with Crippen LogP contribution >= 0.6 is 0 Å². The molecule has 0 bridgehead atoms. The molecule has 3 rings (SSSR count). The van der Waals surface area contributed by atoms with Gasteiger partial charge in [-0.25, -0.2) is 9.18 Å². The number of carboxylic acids is 1. The molecule has 2 N–H and O–H groups in total. The Labute approximate surface area is 121 Å². The molecule has 1 aromatic rings. The topological polar surface area (TPSA) is 69.6 Å². The number of amides is 2. The molecule has 2 unspecified atom stereocenters. The van der Waals surface area contributed by atoms with Crippen LogP contribution in [0.15, 0.2) is 18.2 Å². The zero-order valence-corrected chi connectivity index (χ0v) is 11.5. The summed E-state index contributed by atoms with van der Waals surface area (Å²) in [6.45, 7) is 0.718. The third-order valence-corrected chi connectivity index (χ3v) is 4.31. The summed E-state index contributed by atoms with van der Waals surface area (Å²) in [6, 6.07) is 4.28. The van der Waals surface area contributed by atoms with Crippen molar-refractivity contribution in [1.82, 2.24) is 10.2 Å². The zero-order valence-electron chi connectivity index (χ0n) is 11.5. The van der Waals surface area contributed by atoms with E-state index in [-0.39, 0.29) is 24.4 Å². The van der Waals surface area contributed by atoms with E-state index in [0.29, 0.717) is 13.0 Å². The third-order valence-electron chi connectivity index (χ3n) is 4.31. The van der Waals surface area contributed by atoms with Crippen LogP contribution < -0.4 is 5.32 Å². The lowest BCUT2D eigenvalue weighted by molar-refractivity contribution is -0.141. The summed E-state index contributed by atoms with van der Waals surface area (Å²) in [6.07, 6.45) is 1.99. The molecule has 2 aliphatic rings. The van der Waals surface area contributed by atoms with E-state index in [1.54, 1.807) is 11.0 Å². The predicted molar refractivity (Wildman–Crippen MR) is 73.3 cm³/mol. The van der Waals surface area contributed by atoms with Gasteiger partial charge in [-0.1, -0.05) is 6.07 Å². The van der Waals surface area contributed by atoms with Gasteiger partial charge in [-0.05, 0) is 42.5 Å². The fourth-order valence-corrected chi connectivity index (χ4v) is 3.12. The van der Waals surface area contributed by atoms with E-state index >= 15 is 0 Å². The van der Waals surface area contributed by atoms with Crippen LogP contribution in [0.2, 0.25) is 0 Å².